The summed E-state index contributed by atoms with van der Waals surface area (Å²) in [6, 6.07) is 0. The van der Waals surface area contributed by atoms with Crippen molar-refractivity contribution in [2.24, 2.45) is 0 Å². The lowest BCUT2D eigenvalue weighted by Gasteiger charge is -2.25. The largest absolute Gasteiger partial charge is 0.228 e. The van der Waals surface area contributed by atoms with E-state index in [-0.39, 0.29) is 10.5 Å². The van der Waals surface area contributed by atoms with E-state index in [1.54, 1.807) is 0 Å². The van der Waals surface area contributed by atoms with Crippen LogP contribution in [0.25, 0.3) is 0 Å². The highest BCUT2D eigenvalue weighted by molar-refractivity contribution is 7.92. The molecule has 0 spiro atoms. The first-order valence-electron chi connectivity index (χ1n) is 12.4. The van der Waals surface area contributed by atoms with Crippen LogP contribution in [0.5, 0.6) is 0 Å². The van der Waals surface area contributed by atoms with Crippen LogP contribution in [-0.2, 0) is 9.84 Å². The summed E-state index contributed by atoms with van der Waals surface area (Å²) in [4.78, 5) is 0. The van der Waals surface area contributed by atoms with Gasteiger partial charge >= 0.3 is 0 Å². The van der Waals surface area contributed by atoms with E-state index < -0.39 is 9.84 Å². The second kappa shape index (κ2) is 15.8. The fourth-order valence-corrected chi connectivity index (χ4v) is 7.15. The third kappa shape index (κ3) is 10.9. The maximum atomic E-state index is 13.6. The Hall–Kier alpha value is -0.0500. The highest BCUT2D eigenvalue weighted by atomic mass is 32.2. The Balaban J connectivity index is 2.72. The van der Waals surface area contributed by atoms with Crippen molar-refractivity contribution in [1.29, 1.82) is 0 Å². The SMILES string of the molecule is CCCCCCC(CCCCC)S(=O)(=O)C1CCCCCCCCCCC1. The first kappa shape index (κ1) is 25.0. The third-order valence-corrected chi connectivity index (χ3v) is 9.29. The molecule has 0 aromatic heterocycles. The van der Waals surface area contributed by atoms with E-state index in [9.17, 15) is 8.42 Å². The molecule has 1 atom stereocenters. The van der Waals surface area contributed by atoms with Crippen molar-refractivity contribution in [3.05, 3.63) is 0 Å². The summed E-state index contributed by atoms with van der Waals surface area (Å²) >= 11 is 0. The number of rotatable bonds is 11. The smallest absolute Gasteiger partial charge is 0.156 e. The minimum atomic E-state index is -2.98. The molecule has 3 heteroatoms. The van der Waals surface area contributed by atoms with Crippen LogP contribution in [0.3, 0.4) is 0 Å². The zero-order chi connectivity index (χ0) is 19.8. The lowest BCUT2D eigenvalue weighted by molar-refractivity contribution is 0.476. The molecular weight excluding hydrogens is 352 g/mol. The molecule has 0 bridgehead atoms. The Labute approximate surface area is 171 Å². The Morgan fingerprint density at radius 1 is 0.630 bits per heavy atom. The molecule has 1 aliphatic carbocycles. The second-order valence-corrected chi connectivity index (χ2v) is 11.4. The van der Waals surface area contributed by atoms with Crippen molar-refractivity contribution >= 4 is 9.84 Å². The lowest BCUT2D eigenvalue weighted by atomic mass is 10.0. The van der Waals surface area contributed by atoms with E-state index in [0.717, 1.165) is 51.4 Å². The predicted octanol–water partition coefficient (Wildman–Crippen LogP) is 7.99. The van der Waals surface area contributed by atoms with Crippen LogP contribution >= 0.6 is 0 Å². The standard InChI is InChI=1S/C24H48O2S/c1-3-5-7-16-20-23(19-15-6-4-2)27(25,26)24-21-17-13-11-9-8-10-12-14-18-22-24/h23-24H,3-22H2,1-2H3. The van der Waals surface area contributed by atoms with Gasteiger partial charge in [-0.25, -0.2) is 8.42 Å². The maximum absolute atomic E-state index is 13.6. The van der Waals surface area contributed by atoms with Crippen molar-refractivity contribution in [3.8, 4) is 0 Å². The van der Waals surface area contributed by atoms with Gasteiger partial charge in [-0.05, 0) is 25.7 Å². The Morgan fingerprint density at radius 2 is 1.04 bits per heavy atom. The molecule has 1 rings (SSSR count). The lowest BCUT2D eigenvalue weighted by Crippen LogP contribution is -2.32. The van der Waals surface area contributed by atoms with Gasteiger partial charge in [0, 0.05) is 0 Å². The number of hydrogen-bond acceptors (Lipinski definition) is 2. The molecule has 0 aromatic carbocycles. The van der Waals surface area contributed by atoms with Crippen molar-refractivity contribution in [1.82, 2.24) is 0 Å². The van der Waals surface area contributed by atoms with Gasteiger partial charge < -0.3 is 0 Å². The van der Waals surface area contributed by atoms with Gasteiger partial charge in [0.2, 0.25) is 0 Å². The number of hydrogen-bond donors (Lipinski definition) is 0. The average molecular weight is 401 g/mol. The van der Waals surface area contributed by atoms with E-state index in [4.69, 9.17) is 0 Å². The fourth-order valence-electron chi connectivity index (χ4n) is 4.62. The average Bonchev–Trinajstić information content (AvgIpc) is 2.64. The van der Waals surface area contributed by atoms with Gasteiger partial charge in [-0.15, -0.1) is 0 Å². The van der Waals surface area contributed by atoms with Gasteiger partial charge in [0.25, 0.3) is 0 Å². The summed E-state index contributed by atoms with van der Waals surface area (Å²) in [5.74, 6) is 0. The van der Waals surface area contributed by atoms with Crippen molar-refractivity contribution < 1.29 is 8.42 Å². The van der Waals surface area contributed by atoms with Gasteiger partial charge in [0.1, 0.15) is 0 Å². The van der Waals surface area contributed by atoms with Crippen LogP contribution in [0.4, 0.5) is 0 Å². The molecule has 1 aliphatic rings. The molecule has 162 valence electrons. The van der Waals surface area contributed by atoms with Crippen LogP contribution in [0, 0.1) is 0 Å². The molecule has 1 unspecified atom stereocenters. The quantitative estimate of drug-likeness (QED) is 0.329. The predicted molar refractivity (Wildman–Crippen MR) is 120 cm³/mol. The van der Waals surface area contributed by atoms with Crippen molar-refractivity contribution in [2.45, 2.75) is 153 Å². The topological polar surface area (TPSA) is 34.1 Å². The van der Waals surface area contributed by atoms with Crippen molar-refractivity contribution in [3.63, 3.8) is 0 Å². The zero-order valence-corrected chi connectivity index (χ0v) is 19.3. The minimum absolute atomic E-state index is 0.0604. The van der Waals surface area contributed by atoms with Crippen LogP contribution in [0.1, 0.15) is 142 Å². The van der Waals surface area contributed by atoms with Crippen LogP contribution in [0.15, 0.2) is 0 Å². The summed E-state index contributed by atoms with van der Waals surface area (Å²) in [5, 5.41) is -0.131. The monoisotopic (exact) mass is 400 g/mol. The fraction of sp³-hybridized carbons (Fsp3) is 1.00. The van der Waals surface area contributed by atoms with Crippen LogP contribution in [0.2, 0.25) is 0 Å². The molecule has 0 radical (unpaired) electrons. The van der Waals surface area contributed by atoms with Gasteiger partial charge in [-0.1, -0.05) is 117 Å². The van der Waals surface area contributed by atoms with E-state index in [2.05, 4.69) is 13.8 Å². The molecular formula is C24H48O2S. The summed E-state index contributed by atoms with van der Waals surface area (Å²) in [7, 11) is -2.98. The minimum Gasteiger partial charge on any atom is -0.228 e. The molecule has 0 amide bonds. The molecule has 0 saturated heterocycles. The molecule has 1 saturated carbocycles. The molecule has 0 heterocycles. The van der Waals surface area contributed by atoms with E-state index in [1.165, 1.54) is 77.0 Å². The van der Waals surface area contributed by atoms with Crippen LogP contribution in [-0.4, -0.2) is 18.9 Å². The first-order chi connectivity index (χ1) is 13.1. The van der Waals surface area contributed by atoms with Gasteiger partial charge in [-0.3, -0.25) is 0 Å². The zero-order valence-electron chi connectivity index (χ0n) is 18.5. The molecule has 0 aliphatic heterocycles. The molecule has 0 aromatic rings. The molecule has 1 fully saturated rings. The van der Waals surface area contributed by atoms with E-state index in [0.29, 0.717) is 0 Å². The molecule has 2 nitrogen and oxygen atoms in total. The summed E-state index contributed by atoms with van der Waals surface area (Å²) < 4.78 is 27.1. The summed E-state index contributed by atoms with van der Waals surface area (Å²) in [5.41, 5.74) is 0. The first-order valence-corrected chi connectivity index (χ1v) is 14.0. The van der Waals surface area contributed by atoms with E-state index in [1.807, 2.05) is 0 Å². The Morgan fingerprint density at radius 3 is 1.52 bits per heavy atom. The van der Waals surface area contributed by atoms with Crippen LogP contribution < -0.4 is 0 Å². The van der Waals surface area contributed by atoms with Crippen molar-refractivity contribution in [2.75, 3.05) is 0 Å². The van der Waals surface area contributed by atoms with E-state index >= 15 is 0 Å². The molecule has 0 N–H and O–H groups in total. The third-order valence-electron chi connectivity index (χ3n) is 6.49. The molecule has 27 heavy (non-hydrogen) atoms. The normalized spacial score (nSPS) is 19.9. The van der Waals surface area contributed by atoms with Gasteiger partial charge in [0.05, 0.1) is 10.5 Å². The maximum Gasteiger partial charge on any atom is 0.156 e. The summed E-state index contributed by atoms with van der Waals surface area (Å²) in [6.07, 6.45) is 23.1. The Bertz CT molecular complexity index is 407. The summed E-state index contributed by atoms with van der Waals surface area (Å²) in [6.45, 7) is 4.43. The number of sulfone groups is 1. The highest BCUT2D eigenvalue weighted by Crippen LogP contribution is 2.28. The second-order valence-electron chi connectivity index (χ2n) is 8.94. The highest BCUT2D eigenvalue weighted by Gasteiger charge is 2.32. The van der Waals surface area contributed by atoms with Gasteiger partial charge in [0.15, 0.2) is 9.84 Å². The number of unbranched alkanes of at least 4 members (excludes halogenated alkanes) is 5. The van der Waals surface area contributed by atoms with Gasteiger partial charge in [-0.2, -0.15) is 0 Å². The Kier molecular flexibility index (Phi) is 14.6.